The molecule has 5 rings (SSSR count). The molecule has 2 aliphatic rings. The highest BCUT2D eigenvalue weighted by Gasteiger charge is 2.31. The number of terminal acetylenes is 1. The molecular formula is C27H27ClFN5O2. The zero-order valence-electron chi connectivity index (χ0n) is 19.7. The van der Waals surface area contributed by atoms with Crippen molar-refractivity contribution in [1.82, 2.24) is 15.2 Å². The van der Waals surface area contributed by atoms with Gasteiger partial charge in [0.05, 0.1) is 17.3 Å². The minimum Gasteiger partial charge on any atom is -0.507 e. The van der Waals surface area contributed by atoms with Crippen LogP contribution < -0.4 is 15.1 Å². The third-order valence-electron chi connectivity index (χ3n) is 6.67. The van der Waals surface area contributed by atoms with Gasteiger partial charge in [0.25, 0.3) is 0 Å². The lowest BCUT2D eigenvalue weighted by atomic mass is 9.97. The summed E-state index contributed by atoms with van der Waals surface area (Å²) in [6, 6.07) is 11.4. The van der Waals surface area contributed by atoms with Crippen LogP contribution in [0.3, 0.4) is 0 Å². The number of aromatic hydroxyl groups is 1. The topological polar surface area (TPSA) is 75.1 Å². The molecule has 1 aromatic heterocycles. The van der Waals surface area contributed by atoms with E-state index >= 15 is 0 Å². The lowest BCUT2D eigenvalue weighted by molar-refractivity contribution is 0.0497. The van der Waals surface area contributed by atoms with E-state index in [-0.39, 0.29) is 5.75 Å². The van der Waals surface area contributed by atoms with Crippen molar-refractivity contribution in [3.8, 4) is 40.3 Å². The summed E-state index contributed by atoms with van der Waals surface area (Å²) in [7, 11) is 0. The van der Waals surface area contributed by atoms with Crippen LogP contribution in [0.5, 0.6) is 5.75 Å². The van der Waals surface area contributed by atoms with Crippen molar-refractivity contribution in [1.29, 1.82) is 0 Å². The lowest BCUT2D eigenvalue weighted by Gasteiger charge is -2.28. The summed E-state index contributed by atoms with van der Waals surface area (Å²) in [5.41, 5.74) is 2.58. The number of aliphatic hydroxyl groups is 1. The first-order valence-corrected chi connectivity index (χ1v) is 12.2. The third kappa shape index (κ3) is 4.71. The van der Waals surface area contributed by atoms with E-state index in [2.05, 4.69) is 21.1 Å². The SMILES string of the molecule is C#CCN1CCN(c2ccc(-c3cc(F)cc(-c4ccnc(N5CCNCC5)c4)c3O)cc2Cl)C1O. The van der Waals surface area contributed by atoms with E-state index in [0.717, 1.165) is 32.0 Å². The number of anilines is 2. The molecule has 3 heterocycles. The highest BCUT2D eigenvalue weighted by atomic mass is 35.5. The molecule has 2 saturated heterocycles. The molecule has 3 aromatic rings. The van der Waals surface area contributed by atoms with Crippen LogP contribution in [-0.4, -0.2) is 72.3 Å². The first-order chi connectivity index (χ1) is 17.5. The largest absolute Gasteiger partial charge is 0.507 e. The van der Waals surface area contributed by atoms with Crippen LogP contribution in [0.1, 0.15) is 0 Å². The van der Waals surface area contributed by atoms with Gasteiger partial charge >= 0.3 is 0 Å². The number of hydrogen-bond acceptors (Lipinski definition) is 7. The molecule has 2 fully saturated rings. The number of halogens is 2. The molecule has 7 nitrogen and oxygen atoms in total. The van der Waals surface area contributed by atoms with Crippen LogP contribution >= 0.6 is 11.6 Å². The Kier molecular flexibility index (Phi) is 6.99. The molecule has 2 aliphatic heterocycles. The molecule has 0 bridgehead atoms. The molecule has 9 heteroatoms. The van der Waals surface area contributed by atoms with Gasteiger partial charge in [-0.15, -0.1) is 6.42 Å². The summed E-state index contributed by atoms with van der Waals surface area (Å²) >= 11 is 6.60. The minimum atomic E-state index is -0.879. The number of phenolic OH excluding ortho intramolecular Hbond substituents is 1. The van der Waals surface area contributed by atoms with E-state index in [1.165, 1.54) is 12.1 Å². The predicted molar refractivity (Wildman–Crippen MR) is 141 cm³/mol. The van der Waals surface area contributed by atoms with Crippen LogP contribution in [0.25, 0.3) is 22.3 Å². The zero-order valence-corrected chi connectivity index (χ0v) is 20.4. The summed E-state index contributed by atoms with van der Waals surface area (Å²) in [5, 5.41) is 25.5. The number of nitrogens with one attached hydrogen (secondary N) is 1. The number of benzene rings is 2. The quantitative estimate of drug-likeness (QED) is 0.457. The Morgan fingerprint density at radius 3 is 2.47 bits per heavy atom. The number of phenols is 1. The standard InChI is InChI=1S/C27H27ClFN5O2/c1-2-9-33-12-13-34(27(33)36)24-4-3-18(14-23(24)28)21-16-20(29)17-22(26(21)35)19-5-6-31-25(15-19)32-10-7-30-8-11-32/h1,3-6,14-17,27,30,35-36H,7-13H2. The summed E-state index contributed by atoms with van der Waals surface area (Å²) < 4.78 is 14.8. The molecule has 0 spiro atoms. The molecule has 0 saturated carbocycles. The van der Waals surface area contributed by atoms with E-state index in [0.29, 0.717) is 52.6 Å². The van der Waals surface area contributed by atoms with Gasteiger partial charge < -0.3 is 25.3 Å². The van der Waals surface area contributed by atoms with Crippen LogP contribution in [0.2, 0.25) is 5.02 Å². The number of pyridine rings is 1. The second kappa shape index (κ2) is 10.3. The van der Waals surface area contributed by atoms with Crippen LogP contribution in [-0.2, 0) is 0 Å². The van der Waals surface area contributed by atoms with Gasteiger partial charge in [-0.3, -0.25) is 0 Å². The van der Waals surface area contributed by atoms with Gasteiger partial charge in [0.1, 0.15) is 17.4 Å². The molecule has 186 valence electrons. The lowest BCUT2D eigenvalue weighted by Crippen LogP contribution is -2.43. The van der Waals surface area contributed by atoms with Crippen LogP contribution in [0.15, 0.2) is 48.7 Å². The minimum absolute atomic E-state index is 0.0425. The number of rotatable bonds is 5. The number of nitrogens with zero attached hydrogens (tertiary/aromatic N) is 4. The highest BCUT2D eigenvalue weighted by Crippen LogP contribution is 2.42. The van der Waals surface area contributed by atoms with Crippen molar-refractivity contribution in [3.63, 3.8) is 0 Å². The maximum absolute atomic E-state index is 14.8. The average molecular weight is 508 g/mol. The number of aromatic nitrogens is 1. The van der Waals surface area contributed by atoms with E-state index in [1.807, 2.05) is 6.07 Å². The first-order valence-electron chi connectivity index (χ1n) is 11.8. The number of aliphatic hydroxyl groups excluding tert-OH is 1. The molecule has 0 aliphatic carbocycles. The second-order valence-electron chi connectivity index (χ2n) is 8.87. The fourth-order valence-electron chi connectivity index (χ4n) is 4.79. The maximum Gasteiger partial charge on any atom is 0.187 e. The number of piperazine rings is 1. The van der Waals surface area contributed by atoms with E-state index in [1.54, 1.807) is 40.3 Å². The van der Waals surface area contributed by atoms with Gasteiger partial charge in [-0.2, -0.15) is 0 Å². The second-order valence-corrected chi connectivity index (χ2v) is 9.28. The molecule has 0 amide bonds. The fourth-order valence-corrected chi connectivity index (χ4v) is 5.08. The third-order valence-corrected chi connectivity index (χ3v) is 6.97. The summed E-state index contributed by atoms with van der Waals surface area (Å²) in [4.78, 5) is 10.2. The summed E-state index contributed by atoms with van der Waals surface area (Å²) in [5.74, 6) is 2.81. The Balaban J connectivity index is 1.47. The molecule has 1 unspecified atom stereocenters. The van der Waals surface area contributed by atoms with Gasteiger partial charge in [0.2, 0.25) is 0 Å². The Hall–Kier alpha value is -3.35. The molecule has 3 N–H and O–H groups in total. The summed E-state index contributed by atoms with van der Waals surface area (Å²) in [6.45, 7) is 4.90. The molecular weight excluding hydrogens is 481 g/mol. The monoisotopic (exact) mass is 507 g/mol. The predicted octanol–water partition coefficient (Wildman–Crippen LogP) is 3.35. The van der Waals surface area contributed by atoms with E-state index in [9.17, 15) is 14.6 Å². The zero-order chi connectivity index (χ0) is 25.2. The normalized spacial score (nSPS) is 18.4. The van der Waals surface area contributed by atoms with Crippen molar-refractivity contribution in [2.75, 3.05) is 55.6 Å². The fraction of sp³-hybridized carbons (Fsp3) is 0.296. The van der Waals surface area contributed by atoms with E-state index in [4.69, 9.17) is 18.0 Å². The van der Waals surface area contributed by atoms with Gasteiger partial charge in [-0.25, -0.2) is 14.3 Å². The van der Waals surface area contributed by atoms with Gasteiger partial charge in [-0.1, -0.05) is 23.6 Å². The van der Waals surface area contributed by atoms with Gasteiger partial charge in [0.15, 0.2) is 6.35 Å². The molecule has 2 aromatic carbocycles. The molecule has 36 heavy (non-hydrogen) atoms. The molecule has 0 radical (unpaired) electrons. The van der Waals surface area contributed by atoms with Crippen molar-refractivity contribution >= 4 is 23.1 Å². The first kappa shape index (κ1) is 24.3. The average Bonchev–Trinajstić information content (AvgIpc) is 3.25. The van der Waals surface area contributed by atoms with Gasteiger partial charge in [-0.05, 0) is 47.5 Å². The van der Waals surface area contributed by atoms with Crippen molar-refractivity contribution in [3.05, 3.63) is 59.5 Å². The van der Waals surface area contributed by atoms with Crippen molar-refractivity contribution in [2.45, 2.75) is 6.35 Å². The van der Waals surface area contributed by atoms with E-state index < -0.39 is 12.2 Å². The number of hydrogen-bond donors (Lipinski definition) is 3. The van der Waals surface area contributed by atoms with Crippen LogP contribution in [0.4, 0.5) is 15.9 Å². The Morgan fingerprint density at radius 2 is 1.78 bits per heavy atom. The molecule has 1 atom stereocenters. The Morgan fingerprint density at radius 1 is 1.06 bits per heavy atom. The Bertz CT molecular complexity index is 1310. The highest BCUT2D eigenvalue weighted by molar-refractivity contribution is 6.33. The van der Waals surface area contributed by atoms with Crippen molar-refractivity contribution in [2.24, 2.45) is 0 Å². The Labute approximate surface area is 214 Å². The van der Waals surface area contributed by atoms with Crippen LogP contribution in [0, 0.1) is 18.2 Å². The smallest absolute Gasteiger partial charge is 0.187 e. The van der Waals surface area contributed by atoms with Gasteiger partial charge in [0, 0.05) is 56.6 Å². The maximum atomic E-state index is 14.8. The summed E-state index contributed by atoms with van der Waals surface area (Å²) in [6.07, 6.45) is 6.18. The van der Waals surface area contributed by atoms with Crippen molar-refractivity contribution < 1.29 is 14.6 Å².